The number of amides is 3. The van der Waals surface area contributed by atoms with E-state index in [1.165, 1.54) is 4.90 Å². The van der Waals surface area contributed by atoms with Crippen LogP contribution in [0.25, 0.3) is 0 Å². The summed E-state index contributed by atoms with van der Waals surface area (Å²) in [6.07, 6.45) is 4.56. The van der Waals surface area contributed by atoms with Crippen LogP contribution in [0.5, 0.6) is 0 Å². The van der Waals surface area contributed by atoms with Gasteiger partial charge in [0.25, 0.3) is 0 Å². The molecule has 1 saturated carbocycles. The third-order valence-corrected chi connectivity index (χ3v) is 4.82. The van der Waals surface area contributed by atoms with Crippen molar-refractivity contribution in [3.05, 3.63) is 0 Å². The molecule has 2 unspecified atom stereocenters. The van der Waals surface area contributed by atoms with E-state index in [9.17, 15) is 14.4 Å². The number of nitrogens with zero attached hydrogens (tertiary/aromatic N) is 1. The van der Waals surface area contributed by atoms with Crippen LogP contribution in [0.15, 0.2) is 0 Å². The SMILES string of the molecule is CC(C)(C)C(NC(=O)OC1CCCC1)C(=O)N1CCCC1C(N)=O. The highest BCUT2D eigenvalue weighted by molar-refractivity contribution is 5.91. The second-order valence-electron chi connectivity index (χ2n) is 7.85. The number of alkyl carbamates (subject to hydrolysis) is 1. The molecule has 0 aromatic carbocycles. The van der Waals surface area contributed by atoms with Crippen molar-refractivity contribution in [1.82, 2.24) is 10.2 Å². The highest BCUT2D eigenvalue weighted by Crippen LogP contribution is 2.26. The van der Waals surface area contributed by atoms with Gasteiger partial charge in [-0.25, -0.2) is 4.79 Å². The molecule has 1 saturated heterocycles. The molecule has 0 spiro atoms. The Kier molecular flexibility index (Phi) is 5.72. The van der Waals surface area contributed by atoms with Crippen molar-refractivity contribution in [2.45, 2.75) is 77.5 Å². The van der Waals surface area contributed by atoms with Gasteiger partial charge in [-0.15, -0.1) is 0 Å². The highest BCUT2D eigenvalue weighted by Gasteiger charge is 2.41. The summed E-state index contributed by atoms with van der Waals surface area (Å²) in [6, 6.07) is -1.35. The molecule has 2 aliphatic rings. The van der Waals surface area contributed by atoms with E-state index in [1.54, 1.807) is 0 Å². The fraction of sp³-hybridized carbons (Fsp3) is 0.824. The molecule has 2 atom stereocenters. The van der Waals surface area contributed by atoms with E-state index < -0.39 is 29.5 Å². The van der Waals surface area contributed by atoms with Crippen molar-refractivity contribution >= 4 is 17.9 Å². The van der Waals surface area contributed by atoms with Gasteiger partial charge in [0, 0.05) is 6.54 Å². The lowest BCUT2D eigenvalue weighted by atomic mass is 9.85. The zero-order chi connectivity index (χ0) is 17.9. The fourth-order valence-corrected chi connectivity index (χ4v) is 3.45. The van der Waals surface area contributed by atoms with Crippen LogP contribution in [0.2, 0.25) is 0 Å². The second kappa shape index (κ2) is 7.40. The average molecular weight is 339 g/mol. The molecule has 0 aromatic rings. The lowest BCUT2D eigenvalue weighted by molar-refractivity contribution is -0.141. The summed E-state index contributed by atoms with van der Waals surface area (Å²) in [4.78, 5) is 38.2. The third kappa shape index (κ3) is 4.39. The first kappa shape index (κ1) is 18.5. The topological polar surface area (TPSA) is 102 Å². The van der Waals surface area contributed by atoms with Crippen LogP contribution in [0, 0.1) is 5.41 Å². The van der Waals surface area contributed by atoms with E-state index in [0.29, 0.717) is 13.0 Å². The summed E-state index contributed by atoms with van der Waals surface area (Å²) in [5.41, 5.74) is 4.90. The molecular weight excluding hydrogens is 310 g/mol. The van der Waals surface area contributed by atoms with Gasteiger partial charge < -0.3 is 20.7 Å². The van der Waals surface area contributed by atoms with Gasteiger partial charge in [-0.05, 0) is 43.9 Å². The zero-order valence-corrected chi connectivity index (χ0v) is 14.8. The van der Waals surface area contributed by atoms with E-state index in [-0.39, 0.29) is 12.0 Å². The van der Waals surface area contributed by atoms with E-state index in [2.05, 4.69) is 5.32 Å². The number of likely N-dealkylation sites (tertiary alicyclic amines) is 1. The van der Waals surface area contributed by atoms with Crippen LogP contribution in [-0.2, 0) is 14.3 Å². The molecule has 2 rings (SSSR count). The number of carbonyl (C=O) groups is 3. The molecule has 136 valence electrons. The van der Waals surface area contributed by atoms with Gasteiger partial charge in [0.2, 0.25) is 11.8 Å². The standard InChI is InChI=1S/C17H29N3O4/c1-17(2,3)13(19-16(23)24-11-7-4-5-8-11)15(22)20-10-6-9-12(20)14(18)21/h11-13H,4-10H2,1-3H3,(H2,18,21)(H,19,23). The van der Waals surface area contributed by atoms with E-state index >= 15 is 0 Å². The smallest absolute Gasteiger partial charge is 0.408 e. The van der Waals surface area contributed by atoms with E-state index in [1.807, 2.05) is 20.8 Å². The summed E-state index contributed by atoms with van der Waals surface area (Å²) < 4.78 is 5.41. The van der Waals surface area contributed by atoms with Crippen molar-refractivity contribution in [3.63, 3.8) is 0 Å². The van der Waals surface area contributed by atoms with Gasteiger partial charge in [-0.1, -0.05) is 20.8 Å². The normalized spacial score (nSPS) is 23.1. The molecule has 7 nitrogen and oxygen atoms in total. The molecule has 1 aliphatic heterocycles. The maximum absolute atomic E-state index is 12.9. The van der Waals surface area contributed by atoms with Gasteiger partial charge in [-0.2, -0.15) is 0 Å². The van der Waals surface area contributed by atoms with Gasteiger partial charge in [-0.3, -0.25) is 9.59 Å². The Morgan fingerprint density at radius 1 is 1.12 bits per heavy atom. The van der Waals surface area contributed by atoms with Crippen LogP contribution in [0.1, 0.15) is 59.3 Å². The quantitative estimate of drug-likeness (QED) is 0.811. The number of nitrogens with one attached hydrogen (secondary N) is 1. The van der Waals surface area contributed by atoms with Crippen LogP contribution in [0.4, 0.5) is 4.79 Å². The lowest BCUT2D eigenvalue weighted by Crippen LogP contribution is -2.57. The van der Waals surface area contributed by atoms with Crippen molar-refractivity contribution in [1.29, 1.82) is 0 Å². The minimum atomic E-state index is -0.758. The first-order valence-corrected chi connectivity index (χ1v) is 8.77. The zero-order valence-electron chi connectivity index (χ0n) is 14.8. The number of hydrogen-bond acceptors (Lipinski definition) is 4. The number of primary amides is 1. The first-order valence-electron chi connectivity index (χ1n) is 8.77. The molecule has 3 amide bonds. The predicted molar refractivity (Wildman–Crippen MR) is 89.0 cm³/mol. The van der Waals surface area contributed by atoms with Crippen LogP contribution in [0.3, 0.4) is 0 Å². The summed E-state index contributed by atoms with van der Waals surface area (Å²) in [7, 11) is 0. The lowest BCUT2D eigenvalue weighted by Gasteiger charge is -2.35. The fourth-order valence-electron chi connectivity index (χ4n) is 3.45. The van der Waals surface area contributed by atoms with Crippen LogP contribution in [-0.4, -0.2) is 47.5 Å². The highest BCUT2D eigenvalue weighted by atomic mass is 16.6. The van der Waals surface area contributed by atoms with Crippen LogP contribution < -0.4 is 11.1 Å². The Morgan fingerprint density at radius 3 is 2.29 bits per heavy atom. The Labute approximate surface area is 143 Å². The Hall–Kier alpha value is -1.79. The molecule has 2 fully saturated rings. The monoisotopic (exact) mass is 339 g/mol. The van der Waals surface area contributed by atoms with Gasteiger partial charge >= 0.3 is 6.09 Å². The van der Waals surface area contributed by atoms with E-state index in [0.717, 1.165) is 32.1 Å². The van der Waals surface area contributed by atoms with Crippen molar-refractivity contribution in [3.8, 4) is 0 Å². The minimum Gasteiger partial charge on any atom is -0.446 e. The van der Waals surface area contributed by atoms with Gasteiger partial charge in [0.05, 0.1) is 0 Å². The van der Waals surface area contributed by atoms with Gasteiger partial charge in [0.1, 0.15) is 18.2 Å². The van der Waals surface area contributed by atoms with Crippen molar-refractivity contribution in [2.24, 2.45) is 11.1 Å². The number of carbonyl (C=O) groups excluding carboxylic acids is 3. The number of ether oxygens (including phenoxy) is 1. The van der Waals surface area contributed by atoms with Crippen LogP contribution >= 0.6 is 0 Å². The Bertz CT molecular complexity index is 495. The summed E-state index contributed by atoms with van der Waals surface area (Å²) >= 11 is 0. The molecule has 24 heavy (non-hydrogen) atoms. The molecule has 0 aromatic heterocycles. The minimum absolute atomic E-state index is 0.0640. The Morgan fingerprint density at radius 2 is 1.75 bits per heavy atom. The molecule has 1 heterocycles. The molecule has 1 aliphatic carbocycles. The van der Waals surface area contributed by atoms with Gasteiger partial charge in [0.15, 0.2) is 0 Å². The summed E-state index contributed by atoms with van der Waals surface area (Å²) in [6.45, 7) is 6.11. The van der Waals surface area contributed by atoms with E-state index in [4.69, 9.17) is 10.5 Å². The van der Waals surface area contributed by atoms with Crippen molar-refractivity contribution in [2.75, 3.05) is 6.54 Å². The maximum atomic E-state index is 12.9. The molecular formula is C17H29N3O4. The molecule has 0 bridgehead atoms. The maximum Gasteiger partial charge on any atom is 0.408 e. The molecule has 7 heteroatoms. The first-order chi connectivity index (χ1) is 11.2. The predicted octanol–water partition coefficient (Wildman–Crippen LogP) is 1.55. The van der Waals surface area contributed by atoms with Crippen molar-refractivity contribution < 1.29 is 19.1 Å². The number of hydrogen-bond donors (Lipinski definition) is 2. The summed E-state index contributed by atoms with van der Waals surface area (Å²) in [5, 5.41) is 2.72. The number of nitrogens with two attached hydrogens (primary N) is 1. The largest absolute Gasteiger partial charge is 0.446 e. The second-order valence-corrected chi connectivity index (χ2v) is 7.85. The number of rotatable bonds is 4. The molecule has 0 radical (unpaired) electrons. The molecule has 3 N–H and O–H groups in total. The average Bonchev–Trinajstić information content (AvgIpc) is 3.13. The summed E-state index contributed by atoms with van der Waals surface area (Å²) in [5.74, 6) is -0.769. The third-order valence-electron chi connectivity index (χ3n) is 4.82. The Balaban J connectivity index is 2.05.